The van der Waals surface area contributed by atoms with E-state index in [-0.39, 0.29) is 0 Å². The molecule has 1 unspecified atom stereocenters. The lowest BCUT2D eigenvalue weighted by atomic mass is 9.60. The Bertz CT molecular complexity index is 196. The second-order valence-corrected chi connectivity index (χ2v) is 7.52. The SMILES string of the molecule is CC(C)C(C)CCC(C)(C)C(C)(C)C(C)C. The molecule has 0 bridgehead atoms. The van der Waals surface area contributed by atoms with Crippen LogP contribution in [0.25, 0.3) is 0 Å². The maximum Gasteiger partial charge on any atom is -0.0280 e. The van der Waals surface area contributed by atoms with Crippen molar-refractivity contribution in [3.05, 3.63) is 0 Å². The van der Waals surface area contributed by atoms with Crippen LogP contribution in [0, 0.1) is 28.6 Å². The van der Waals surface area contributed by atoms with E-state index in [1.807, 2.05) is 0 Å². The summed E-state index contributed by atoms with van der Waals surface area (Å²) in [6.07, 6.45) is 2.71. The Morgan fingerprint density at radius 3 is 1.56 bits per heavy atom. The molecule has 0 aromatic heterocycles. The van der Waals surface area contributed by atoms with E-state index in [4.69, 9.17) is 0 Å². The van der Waals surface area contributed by atoms with E-state index in [1.54, 1.807) is 0 Å². The molecule has 0 nitrogen and oxygen atoms in total. The topological polar surface area (TPSA) is 0 Å². The first kappa shape index (κ1) is 16.0. The van der Waals surface area contributed by atoms with Gasteiger partial charge in [-0.1, -0.05) is 62.3 Å². The van der Waals surface area contributed by atoms with Gasteiger partial charge in [-0.05, 0) is 41.4 Å². The molecule has 0 aliphatic carbocycles. The van der Waals surface area contributed by atoms with Gasteiger partial charge in [0.05, 0.1) is 0 Å². The summed E-state index contributed by atoms with van der Waals surface area (Å²) >= 11 is 0. The van der Waals surface area contributed by atoms with Gasteiger partial charge in [-0.25, -0.2) is 0 Å². The van der Waals surface area contributed by atoms with Gasteiger partial charge >= 0.3 is 0 Å². The van der Waals surface area contributed by atoms with Gasteiger partial charge < -0.3 is 0 Å². The van der Waals surface area contributed by atoms with Crippen LogP contribution in [0.4, 0.5) is 0 Å². The fourth-order valence-corrected chi connectivity index (χ4v) is 2.03. The monoisotopic (exact) mass is 226 g/mol. The van der Waals surface area contributed by atoms with E-state index in [9.17, 15) is 0 Å². The van der Waals surface area contributed by atoms with Gasteiger partial charge in [0, 0.05) is 0 Å². The van der Waals surface area contributed by atoms with Crippen molar-refractivity contribution in [2.45, 2.75) is 75.2 Å². The van der Waals surface area contributed by atoms with Crippen molar-refractivity contribution in [2.24, 2.45) is 28.6 Å². The molecule has 0 saturated carbocycles. The van der Waals surface area contributed by atoms with Gasteiger partial charge in [-0.15, -0.1) is 0 Å². The van der Waals surface area contributed by atoms with Crippen LogP contribution in [-0.4, -0.2) is 0 Å². The average molecular weight is 226 g/mol. The molecule has 0 fully saturated rings. The standard InChI is InChI=1S/C16H34/c1-12(2)14(5)10-11-15(6,7)16(8,9)13(3)4/h12-14H,10-11H2,1-9H3. The second-order valence-electron chi connectivity index (χ2n) is 7.52. The molecule has 0 amide bonds. The maximum atomic E-state index is 2.44. The van der Waals surface area contributed by atoms with E-state index < -0.39 is 0 Å². The lowest BCUT2D eigenvalue weighted by Crippen LogP contribution is -2.37. The first-order valence-electron chi connectivity index (χ1n) is 7.02. The largest absolute Gasteiger partial charge is 0.0625 e. The molecule has 0 aliphatic heterocycles. The van der Waals surface area contributed by atoms with Crippen LogP contribution in [0.5, 0.6) is 0 Å². The molecular formula is C16H34. The third-order valence-corrected chi connectivity index (χ3v) is 5.55. The Labute approximate surface area is 104 Å². The zero-order valence-corrected chi connectivity index (χ0v) is 13.1. The Kier molecular flexibility index (Phi) is 5.56. The summed E-state index contributed by atoms with van der Waals surface area (Å²) in [6.45, 7) is 21.5. The first-order chi connectivity index (χ1) is 7.02. The van der Waals surface area contributed by atoms with Gasteiger partial charge in [0.1, 0.15) is 0 Å². The number of rotatable bonds is 6. The van der Waals surface area contributed by atoms with Crippen LogP contribution < -0.4 is 0 Å². The molecule has 0 rings (SSSR count). The van der Waals surface area contributed by atoms with E-state index in [1.165, 1.54) is 12.8 Å². The van der Waals surface area contributed by atoms with Gasteiger partial charge in [0.25, 0.3) is 0 Å². The van der Waals surface area contributed by atoms with E-state index in [2.05, 4.69) is 62.3 Å². The van der Waals surface area contributed by atoms with E-state index in [0.29, 0.717) is 10.8 Å². The van der Waals surface area contributed by atoms with Crippen molar-refractivity contribution in [2.75, 3.05) is 0 Å². The second kappa shape index (κ2) is 5.56. The molecule has 16 heavy (non-hydrogen) atoms. The van der Waals surface area contributed by atoms with Crippen molar-refractivity contribution in [1.29, 1.82) is 0 Å². The van der Waals surface area contributed by atoms with Crippen molar-refractivity contribution in [1.82, 2.24) is 0 Å². The van der Waals surface area contributed by atoms with Crippen LogP contribution in [-0.2, 0) is 0 Å². The minimum Gasteiger partial charge on any atom is -0.0625 e. The molecule has 0 aromatic rings. The number of hydrogen-bond donors (Lipinski definition) is 0. The molecular weight excluding hydrogens is 192 g/mol. The summed E-state index contributed by atoms with van der Waals surface area (Å²) in [5.41, 5.74) is 0.855. The van der Waals surface area contributed by atoms with Crippen molar-refractivity contribution < 1.29 is 0 Å². The lowest BCUT2D eigenvalue weighted by Gasteiger charge is -2.46. The summed E-state index contributed by atoms with van der Waals surface area (Å²) < 4.78 is 0. The smallest absolute Gasteiger partial charge is 0.0280 e. The molecule has 0 spiro atoms. The summed E-state index contributed by atoms with van der Waals surface area (Å²) in [5.74, 6) is 2.41. The molecule has 0 heteroatoms. The highest BCUT2D eigenvalue weighted by molar-refractivity contribution is 4.88. The van der Waals surface area contributed by atoms with Crippen molar-refractivity contribution >= 4 is 0 Å². The van der Waals surface area contributed by atoms with E-state index in [0.717, 1.165) is 17.8 Å². The van der Waals surface area contributed by atoms with E-state index >= 15 is 0 Å². The third-order valence-electron chi connectivity index (χ3n) is 5.55. The van der Waals surface area contributed by atoms with Crippen LogP contribution >= 0.6 is 0 Å². The minimum absolute atomic E-state index is 0.420. The van der Waals surface area contributed by atoms with Crippen LogP contribution in [0.1, 0.15) is 75.2 Å². The van der Waals surface area contributed by atoms with Gasteiger partial charge in [-0.3, -0.25) is 0 Å². The highest BCUT2D eigenvalue weighted by atomic mass is 14.4. The molecule has 0 N–H and O–H groups in total. The van der Waals surface area contributed by atoms with Crippen LogP contribution in [0.15, 0.2) is 0 Å². The Morgan fingerprint density at radius 1 is 0.812 bits per heavy atom. The quantitative estimate of drug-likeness (QED) is 0.539. The lowest BCUT2D eigenvalue weighted by molar-refractivity contribution is 0.0403. The zero-order valence-electron chi connectivity index (χ0n) is 13.1. The van der Waals surface area contributed by atoms with Gasteiger partial charge in [-0.2, -0.15) is 0 Å². The minimum atomic E-state index is 0.420. The van der Waals surface area contributed by atoms with Crippen LogP contribution in [0.3, 0.4) is 0 Å². The van der Waals surface area contributed by atoms with Gasteiger partial charge in [0.2, 0.25) is 0 Å². The maximum absolute atomic E-state index is 2.44. The normalized spacial score (nSPS) is 15.9. The molecule has 98 valence electrons. The molecule has 0 aliphatic rings. The summed E-state index contributed by atoms with van der Waals surface area (Å²) in [5, 5.41) is 0. The molecule has 1 atom stereocenters. The third kappa shape index (κ3) is 3.79. The van der Waals surface area contributed by atoms with Crippen molar-refractivity contribution in [3.8, 4) is 0 Å². The fourth-order valence-electron chi connectivity index (χ4n) is 2.03. The molecule has 0 saturated heterocycles. The fraction of sp³-hybridized carbons (Fsp3) is 1.00. The highest BCUT2D eigenvalue weighted by Gasteiger charge is 2.38. The van der Waals surface area contributed by atoms with Crippen LogP contribution in [0.2, 0.25) is 0 Å². The zero-order chi connectivity index (χ0) is 13.1. The predicted octanol–water partition coefficient (Wildman–Crippen LogP) is 5.77. The van der Waals surface area contributed by atoms with Gasteiger partial charge in [0.15, 0.2) is 0 Å². The highest BCUT2D eigenvalue weighted by Crippen LogP contribution is 2.47. The predicted molar refractivity (Wildman–Crippen MR) is 75.6 cm³/mol. The Morgan fingerprint density at radius 2 is 1.25 bits per heavy atom. The van der Waals surface area contributed by atoms with Crippen molar-refractivity contribution in [3.63, 3.8) is 0 Å². The Balaban J connectivity index is 4.46. The summed E-state index contributed by atoms with van der Waals surface area (Å²) in [6, 6.07) is 0. The first-order valence-corrected chi connectivity index (χ1v) is 7.02. The number of hydrogen-bond acceptors (Lipinski definition) is 0. The Hall–Kier alpha value is 0. The summed E-state index contributed by atoms with van der Waals surface area (Å²) in [7, 11) is 0. The average Bonchev–Trinajstić information content (AvgIpc) is 2.13. The molecule has 0 aromatic carbocycles. The molecule has 0 heterocycles. The molecule has 0 radical (unpaired) electrons. The summed E-state index contributed by atoms with van der Waals surface area (Å²) in [4.78, 5) is 0.